The number of hydrogen-bond donors (Lipinski definition) is 0. The Kier molecular flexibility index (Phi) is 3.25. The second kappa shape index (κ2) is 4.25. The third kappa shape index (κ3) is 2.44. The van der Waals surface area contributed by atoms with Crippen molar-refractivity contribution in [2.75, 3.05) is 0 Å². The first-order chi connectivity index (χ1) is 5.36. The van der Waals surface area contributed by atoms with E-state index in [1.54, 1.807) is 0 Å². The molecule has 0 aromatic heterocycles. The largest absolute Gasteiger partial charge is 0.363 e. The molecule has 0 aliphatic rings. The molecule has 58 valence electrons. The van der Waals surface area contributed by atoms with Gasteiger partial charge in [-0.1, -0.05) is 30.0 Å². The van der Waals surface area contributed by atoms with E-state index in [4.69, 9.17) is 0 Å². The van der Waals surface area contributed by atoms with E-state index >= 15 is 0 Å². The van der Waals surface area contributed by atoms with Gasteiger partial charge in [0.05, 0.1) is 0 Å². The summed E-state index contributed by atoms with van der Waals surface area (Å²) < 4.78 is 10.4. The predicted octanol–water partition coefficient (Wildman–Crippen LogP) is 2.29. The van der Waals surface area contributed by atoms with Crippen LogP contribution in [0.4, 0.5) is 0 Å². The van der Waals surface area contributed by atoms with Gasteiger partial charge < -0.3 is 0 Å². The second-order valence-electron chi connectivity index (χ2n) is 2.55. The maximum absolute atomic E-state index is 10.4. The topological polar surface area (TPSA) is 17.1 Å². The highest BCUT2D eigenvalue weighted by molar-refractivity contribution is 7.34. The van der Waals surface area contributed by atoms with E-state index < -0.39 is 0 Å². The average Bonchev–Trinajstić information content (AvgIpc) is 2.07. The van der Waals surface area contributed by atoms with Gasteiger partial charge in [-0.15, -0.1) is 0 Å². The van der Waals surface area contributed by atoms with Crippen LogP contribution in [0.1, 0.15) is 18.9 Å². The van der Waals surface area contributed by atoms with Gasteiger partial charge in [0.25, 0.3) is 0 Å². The van der Waals surface area contributed by atoms with Gasteiger partial charge in [-0.2, -0.15) is 0 Å². The molecule has 0 spiro atoms. The van der Waals surface area contributed by atoms with Gasteiger partial charge in [0.15, 0.2) is 5.30 Å². The van der Waals surface area contributed by atoms with E-state index in [1.807, 2.05) is 24.3 Å². The van der Waals surface area contributed by atoms with Gasteiger partial charge in [-0.3, -0.25) is 0 Å². The third-order valence-electron chi connectivity index (χ3n) is 1.61. The molecule has 0 amide bonds. The summed E-state index contributed by atoms with van der Waals surface area (Å²) in [6.07, 6.45) is 2.28. The van der Waals surface area contributed by atoms with Gasteiger partial charge in [0, 0.05) is 0 Å². The Labute approximate surface area is 68.6 Å². The van der Waals surface area contributed by atoms with Gasteiger partial charge in [-0.05, 0) is 24.1 Å². The number of hydrogen-bond acceptors (Lipinski definition) is 1. The predicted molar refractivity (Wildman–Crippen MR) is 49.1 cm³/mol. The molecular formula is C9H12OP+. The molecule has 2 heteroatoms. The molecule has 1 atom stereocenters. The fraction of sp³-hybridized carbons (Fsp3) is 0.333. The Morgan fingerprint density at radius 2 is 1.91 bits per heavy atom. The average molecular weight is 167 g/mol. The molecule has 1 unspecified atom stereocenters. The smallest absolute Gasteiger partial charge is 0.0707 e. The molecule has 1 nitrogen and oxygen atoms in total. The van der Waals surface area contributed by atoms with Crippen molar-refractivity contribution in [2.24, 2.45) is 0 Å². The van der Waals surface area contributed by atoms with E-state index in [9.17, 15) is 4.57 Å². The van der Waals surface area contributed by atoms with Crippen LogP contribution in [0.2, 0.25) is 0 Å². The van der Waals surface area contributed by atoms with Crippen LogP contribution in [0, 0.1) is 0 Å². The van der Waals surface area contributed by atoms with E-state index in [0.717, 1.165) is 11.7 Å². The van der Waals surface area contributed by atoms with Crippen molar-refractivity contribution in [3.8, 4) is 0 Å². The number of aryl methyl sites for hydroxylation is 1. The van der Waals surface area contributed by atoms with E-state index in [2.05, 4.69) is 6.92 Å². The maximum atomic E-state index is 10.4. The van der Waals surface area contributed by atoms with Crippen molar-refractivity contribution in [2.45, 2.75) is 19.8 Å². The fourth-order valence-electron chi connectivity index (χ4n) is 1.03. The van der Waals surface area contributed by atoms with Crippen molar-refractivity contribution in [3.05, 3.63) is 29.8 Å². The SMILES string of the molecule is CCCc1ccc([PH+]=O)cc1. The molecule has 1 aromatic carbocycles. The fourth-order valence-corrected chi connectivity index (χ4v) is 1.33. The summed E-state index contributed by atoms with van der Waals surface area (Å²) in [5.41, 5.74) is 1.33. The van der Waals surface area contributed by atoms with E-state index in [0.29, 0.717) is 0 Å². The molecule has 11 heavy (non-hydrogen) atoms. The van der Waals surface area contributed by atoms with E-state index in [-0.39, 0.29) is 8.46 Å². The maximum Gasteiger partial charge on any atom is 0.363 e. The zero-order valence-electron chi connectivity index (χ0n) is 6.63. The Hall–Kier alpha value is -0.680. The van der Waals surface area contributed by atoms with Crippen LogP contribution in [-0.2, 0) is 11.0 Å². The quantitative estimate of drug-likeness (QED) is 0.631. The standard InChI is InChI=1S/C9H11OP/c1-2-3-8-4-6-9(11-10)7-5-8/h4-7H,2-3H2,1H3/p+1. The Balaban J connectivity index is 2.74. The van der Waals surface area contributed by atoms with Crippen molar-refractivity contribution < 1.29 is 4.57 Å². The van der Waals surface area contributed by atoms with E-state index in [1.165, 1.54) is 12.0 Å². The Bertz CT molecular complexity index is 228. The molecule has 0 aliphatic carbocycles. The zero-order chi connectivity index (χ0) is 8.10. The molecule has 0 aliphatic heterocycles. The van der Waals surface area contributed by atoms with Crippen molar-refractivity contribution in [1.29, 1.82) is 0 Å². The van der Waals surface area contributed by atoms with Crippen molar-refractivity contribution in [3.63, 3.8) is 0 Å². The highest BCUT2D eigenvalue weighted by Crippen LogP contribution is 2.03. The minimum Gasteiger partial charge on any atom is -0.0707 e. The highest BCUT2D eigenvalue weighted by Gasteiger charge is 1.97. The Morgan fingerprint density at radius 3 is 2.36 bits per heavy atom. The lowest BCUT2D eigenvalue weighted by atomic mass is 10.1. The van der Waals surface area contributed by atoms with Gasteiger partial charge in [-0.25, -0.2) is 0 Å². The Morgan fingerprint density at radius 1 is 1.27 bits per heavy atom. The summed E-state index contributed by atoms with van der Waals surface area (Å²) >= 11 is 0. The first kappa shape index (κ1) is 8.42. The monoisotopic (exact) mass is 167 g/mol. The minimum absolute atomic E-state index is 0.322. The highest BCUT2D eigenvalue weighted by atomic mass is 31.1. The first-order valence-electron chi connectivity index (χ1n) is 3.84. The molecule has 0 saturated heterocycles. The summed E-state index contributed by atoms with van der Waals surface area (Å²) in [5.74, 6) is 0. The first-order valence-corrected chi connectivity index (χ1v) is 4.74. The number of rotatable bonds is 3. The molecule has 0 N–H and O–H groups in total. The molecule has 0 saturated carbocycles. The lowest BCUT2D eigenvalue weighted by Crippen LogP contribution is -1.91. The lowest BCUT2D eigenvalue weighted by Gasteiger charge is -1.94. The van der Waals surface area contributed by atoms with Crippen LogP contribution in [-0.4, -0.2) is 0 Å². The van der Waals surface area contributed by atoms with Crippen molar-refractivity contribution >= 4 is 13.8 Å². The summed E-state index contributed by atoms with van der Waals surface area (Å²) in [6.45, 7) is 2.16. The third-order valence-corrected chi connectivity index (χ3v) is 2.18. The zero-order valence-corrected chi connectivity index (χ0v) is 7.63. The normalized spacial score (nSPS) is 10.3. The van der Waals surface area contributed by atoms with Crippen LogP contribution in [0.3, 0.4) is 0 Å². The van der Waals surface area contributed by atoms with Crippen LogP contribution in [0.25, 0.3) is 0 Å². The molecule has 1 rings (SSSR count). The summed E-state index contributed by atoms with van der Waals surface area (Å²) in [4.78, 5) is 0. The molecule has 0 fully saturated rings. The van der Waals surface area contributed by atoms with Crippen LogP contribution < -0.4 is 5.30 Å². The molecule has 0 bridgehead atoms. The van der Waals surface area contributed by atoms with Crippen LogP contribution >= 0.6 is 8.46 Å². The van der Waals surface area contributed by atoms with Gasteiger partial charge in [0.1, 0.15) is 0 Å². The van der Waals surface area contributed by atoms with Crippen LogP contribution in [0.5, 0.6) is 0 Å². The summed E-state index contributed by atoms with van der Waals surface area (Å²) in [6, 6.07) is 7.94. The van der Waals surface area contributed by atoms with Crippen LogP contribution in [0.15, 0.2) is 24.3 Å². The molecular weight excluding hydrogens is 155 g/mol. The molecule has 0 radical (unpaired) electrons. The summed E-state index contributed by atoms with van der Waals surface area (Å²) in [7, 11) is -0.322. The lowest BCUT2D eigenvalue weighted by molar-refractivity contribution is 0.603. The molecule has 0 heterocycles. The molecule has 1 aromatic rings. The van der Waals surface area contributed by atoms with Gasteiger partial charge >= 0.3 is 8.46 Å². The minimum atomic E-state index is -0.322. The second-order valence-corrected chi connectivity index (χ2v) is 3.33. The van der Waals surface area contributed by atoms with Gasteiger partial charge in [0.2, 0.25) is 0 Å². The summed E-state index contributed by atoms with van der Waals surface area (Å²) in [5, 5.41) is 0.907. The van der Waals surface area contributed by atoms with Crippen molar-refractivity contribution in [1.82, 2.24) is 0 Å². The number of benzene rings is 1.